The molecule has 2 aliphatic rings. The SMILES string of the molecule is COC(=O)CNC1=NCC(C2CC2)S1. The molecule has 0 aromatic carbocycles. The Hall–Kier alpha value is -0.710. The molecular formula is C9H14N2O2S. The molecule has 2 rings (SSSR count). The second kappa shape index (κ2) is 4.21. The van der Waals surface area contributed by atoms with Crippen molar-refractivity contribution in [3.63, 3.8) is 0 Å². The van der Waals surface area contributed by atoms with Crippen molar-refractivity contribution in [2.24, 2.45) is 10.9 Å². The van der Waals surface area contributed by atoms with Gasteiger partial charge in [-0.2, -0.15) is 0 Å². The van der Waals surface area contributed by atoms with Crippen molar-refractivity contribution >= 4 is 22.9 Å². The van der Waals surface area contributed by atoms with Crippen molar-refractivity contribution in [2.75, 3.05) is 20.2 Å². The predicted octanol–water partition coefficient (Wildman–Crippen LogP) is 0.630. The highest BCUT2D eigenvalue weighted by molar-refractivity contribution is 8.14. The first-order chi connectivity index (χ1) is 6.79. The molecule has 1 atom stereocenters. The van der Waals surface area contributed by atoms with E-state index in [-0.39, 0.29) is 12.5 Å². The first-order valence-electron chi connectivity index (χ1n) is 4.81. The topological polar surface area (TPSA) is 50.7 Å². The molecular weight excluding hydrogens is 200 g/mol. The van der Waals surface area contributed by atoms with Gasteiger partial charge in [0.05, 0.1) is 13.7 Å². The molecule has 0 amide bonds. The molecule has 0 aromatic rings. The number of methoxy groups -OCH3 is 1. The predicted molar refractivity (Wildman–Crippen MR) is 56.4 cm³/mol. The fourth-order valence-corrected chi connectivity index (χ4v) is 2.63. The van der Waals surface area contributed by atoms with E-state index in [2.05, 4.69) is 15.0 Å². The number of esters is 1. The first kappa shape index (κ1) is 9.83. The lowest BCUT2D eigenvalue weighted by Crippen LogP contribution is -2.27. The highest BCUT2D eigenvalue weighted by Crippen LogP contribution is 2.41. The standard InChI is InChI=1S/C9H14N2O2S/c1-13-8(12)5-11-9-10-4-7(14-9)6-2-3-6/h6-7H,2-5H2,1H3,(H,10,11). The van der Waals surface area contributed by atoms with Gasteiger partial charge >= 0.3 is 5.97 Å². The molecule has 14 heavy (non-hydrogen) atoms. The van der Waals surface area contributed by atoms with Gasteiger partial charge in [0.25, 0.3) is 0 Å². The fourth-order valence-electron chi connectivity index (χ4n) is 1.42. The van der Waals surface area contributed by atoms with E-state index in [4.69, 9.17) is 0 Å². The largest absolute Gasteiger partial charge is 0.468 e. The molecule has 0 saturated heterocycles. The third-order valence-corrected chi connectivity index (χ3v) is 3.77. The number of aliphatic imine (C=N–C) groups is 1. The van der Waals surface area contributed by atoms with Gasteiger partial charge in [0.1, 0.15) is 6.54 Å². The van der Waals surface area contributed by atoms with Crippen molar-refractivity contribution in [3.8, 4) is 0 Å². The molecule has 1 saturated carbocycles. The van der Waals surface area contributed by atoms with Gasteiger partial charge in [0, 0.05) is 5.25 Å². The second-order valence-electron chi connectivity index (χ2n) is 3.57. The van der Waals surface area contributed by atoms with Gasteiger partial charge < -0.3 is 10.1 Å². The van der Waals surface area contributed by atoms with Crippen molar-refractivity contribution in [1.82, 2.24) is 5.32 Å². The van der Waals surface area contributed by atoms with E-state index in [1.807, 2.05) is 0 Å². The van der Waals surface area contributed by atoms with E-state index in [1.165, 1.54) is 20.0 Å². The number of carbonyl (C=O) groups is 1. The van der Waals surface area contributed by atoms with Crippen LogP contribution in [0.1, 0.15) is 12.8 Å². The lowest BCUT2D eigenvalue weighted by molar-refractivity contribution is -0.139. The van der Waals surface area contributed by atoms with E-state index in [9.17, 15) is 4.79 Å². The summed E-state index contributed by atoms with van der Waals surface area (Å²) >= 11 is 1.76. The van der Waals surface area contributed by atoms with E-state index < -0.39 is 0 Å². The summed E-state index contributed by atoms with van der Waals surface area (Å²) in [4.78, 5) is 15.2. The summed E-state index contributed by atoms with van der Waals surface area (Å²) in [5, 5.41) is 4.53. The Morgan fingerprint density at radius 1 is 1.71 bits per heavy atom. The molecule has 1 aliphatic carbocycles. The summed E-state index contributed by atoms with van der Waals surface area (Å²) in [6.07, 6.45) is 2.69. The third kappa shape index (κ3) is 2.41. The Morgan fingerprint density at radius 3 is 3.14 bits per heavy atom. The Labute approximate surface area is 87.5 Å². The van der Waals surface area contributed by atoms with Crippen LogP contribution in [0.3, 0.4) is 0 Å². The van der Waals surface area contributed by atoms with Crippen LogP contribution in [0.25, 0.3) is 0 Å². The van der Waals surface area contributed by atoms with Crippen LogP contribution >= 0.6 is 11.8 Å². The van der Waals surface area contributed by atoms with Crippen molar-refractivity contribution in [1.29, 1.82) is 0 Å². The summed E-state index contributed by atoms with van der Waals surface area (Å²) in [5.74, 6) is 0.615. The van der Waals surface area contributed by atoms with Crippen LogP contribution in [0.2, 0.25) is 0 Å². The van der Waals surface area contributed by atoms with E-state index in [1.54, 1.807) is 11.8 Å². The van der Waals surface area contributed by atoms with E-state index in [0.29, 0.717) is 5.25 Å². The average molecular weight is 214 g/mol. The number of hydrogen-bond acceptors (Lipinski definition) is 5. The van der Waals surface area contributed by atoms with Crippen LogP contribution in [0.4, 0.5) is 0 Å². The van der Waals surface area contributed by atoms with Gasteiger partial charge in [-0.25, -0.2) is 0 Å². The maximum Gasteiger partial charge on any atom is 0.325 e. The number of nitrogens with one attached hydrogen (secondary N) is 1. The van der Waals surface area contributed by atoms with Crippen molar-refractivity contribution < 1.29 is 9.53 Å². The Kier molecular flexibility index (Phi) is 2.96. The van der Waals surface area contributed by atoms with Crippen LogP contribution in [0.15, 0.2) is 4.99 Å². The fraction of sp³-hybridized carbons (Fsp3) is 0.778. The summed E-state index contributed by atoms with van der Waals surface area (Å²) in [5.41, 5.74) is 0. The molecule has 1 aliphatic heterocycles. The Balaban J connectivity index is 1.69. The van der Waals surface area contributed by atoms with Gasteiger partial charge in [0.15, 0.2) is 5.17 Å². The van der Waals surface area contributed by atoms with Crippen LogP contribution in [-0.2, 0) is 9.53 Å². The molecule has 0 spiro atoms. The van der Waals surface area contributed by atoms with Gasteiger partial charge in [-0.3, -0.25) is 9.79 Å². The minimum absolute atomic E-state index is 0.222. The summed E-state index contributed by atoms with van der Waals surface area (Å²) in [7, 11) is 1.39. The van der Waals surface area contributed by atoms with Crippen molar-refractivity contribution in [3.05, 3.63) is 0 Å². The number of hydrogen-bond donors (Lipinski definition) is 1. The maximum atomic E-state index is 10.8. The molecule has 0 bridgehead atoms. The molecule has 5 heteroatoms. The smallest absolute Gasteiger partial charge is 0.325 e. The first-order valence-corrected chi connectivity index (χ1v) is 5.69. The minimum Gasteiger partial charge on any atom is -0.468 e. The number of thioether (sulfide) groups is 1. The Morgan fingerprint density at radius 2 is 2.50 bits per heavy atom. The highest BCUT2D eigenvalue weighted by atomic mass is 32.2. The van der Waals surface area contributed by atoms with E-state index >= 15 is 0 Å². The minimum atomic E-state index is -0.247. The van der Waals surface area contributed by atoms with Gasteiger partial charge in [-0.05, 0) is 18.8 Å². The molecule has 78 valence electrons. The molecule has 0 aromatic heterocycles. The third-order valence-electron chi connectivity index (χ3n) is 2.44. The van der Waals surface area contributed by atoms with Crippen LogP contribution < -0.4 is 5.32 Å². The lowest BCUT2D eigenvalue weighted by Gasteiger charge is -2.06. The van der Waals surface area contributed by atoms with Crippen molar-refractivity contribution in [2.45, 2.75) is 18.1 Å². The van der Waals surface area contributed by atoms with E-state index in [0.717, 1.165) is 17.6 Å². The zero-order valence-corrected chi connectivity index (χ0v) is 8.97. The molecule has 1 fully saturated rings. The molecule has 4 nitrogen and oxygen atoms in total. The molecule has 1 unspecified atom stereocenters. The van der Waals surface area contributed by atoms with Gasteiger partial charge in [0.2, 0.25) is 0 Å². The van der Waals surface area contributed by atoms with Gasteiger partial charge in [-0.15, -0.1) is 0 Å². The Bertz CT molecular complexity index is 264. The summed E-state index contributed by atoms with van der Waals surface area (Å²) in [6.45, 7) is 1.12. The monoisotopic (exact) mass is 214 g/mol. The number of nitrogens with zero attached hydrogens (tertiary/aromatic N) is 1. The zero-order valence-electron chi connectivity index (χ0n) is 8.16. The number of rotatable bonds is 3. The summed E-state index contributed by atoms with van der Waals surface area (Å²) in [6, 6.07) is 0. The van der Waals surface area contributed by atoms with Gasteiger partial charge in [-0.1, -0.05) is 11.8 Å². The zero-order chi connectivity index (χ0) is 9.97. The maximum absolute atomic E-state index is 10.8. The number of carbonyl (C=O) groups excluding carboxylic acids is 1. The van der Waals surface area contributed by atoms with Crippen LogP contribution in [0.5, 0.6) is 0 Å². The lowest BCUT2D eigenvalue weighted by atomic mass is 10.3. The summed E-state index contributed by atoms with van der Waals surface area (Å²) < 4.78 is 4.53. The highest BCUT2D eigenvalue weighted by Gasteiger charge is 2.35. The second-order valence-corrected chi connectivity index (χ2v) is 4.80. The molecule has 1 heterocycles. The average Bonchev–Trinajstić information content (AvgIpc) is 2.95. The van der Waals surface area contributed by atoms with Crippen LogP contribution in [0, 0.1) is 5.92 Å². The van der Waals surface area contributed by atoms with Crippen LogP contribution in [-0.4, -0.2) is 36.6 Å². The number of amidine groups is 1. The normalized spacial score (nSPS) is 25.8. The molecule has 0 radical (unpaired) electrons. The molecule has 1 N–H and O–H groups in total. The quantitative estimate of drug-likeness (QED) is 0.700. The number of ether oxygens (including phenoxy) is 1.